The van der Waals surface area contributed by atoms with Gasteiger partial charge in [0.15, 0.2) is 0 Å². The van der Waals surface area contributed by atoms with E-state index >= 15 is 0 Å². The summed E-state index contributed by atoms with van der Waals surface area (Å²) in [6.07, 6.45) is 0. The van der Waals surface area contributed by atoms with Crippen molar-refractivity contribution in [2.24, 2.45) is 10.3 Å². The Morgan fingerprint density at radius 3 is 2.50 bits per heavy atom. The quantitative estimate of drug-likeness (QED) is 0.511. The number of hydrogen-bond donors (Lipinski definition) is 1. The number of hydrazone groups is 1. The predicted octanol–water partition coefficient (Wildman–Crippen LogP) is 3.89. The highest BCUT2D eigenvalue weighted by molar-refractivity contribution is 6.35. The largest absolute Gasteiger partial charge is 0.272 e. The molecule has 1 amide bonds. The number of nitroso groups, excluding NO2 is 1. The van der Waals surface area contributed by atoms with Crippen molar-refractivity contribution in [1.82, 2.24) is 5.43 Å². The molecule has 0 fully saturated rings. The third-order valence-corrected chi connectivity index (χ3v) is 3.35. The summed E-state index contributed by atoms with van der Waals surface area (Å²) in [6.45, 7) is -0.159. The molecule has 7 heteroatoms. The standard InChI is InChI=1S/C15H11Cl2N3O2/c16-11-6-7-13(17)12(8-11)15(21)20-19-14(9-18-22)10-4-2-1-3-5-10/h1-8H,9H2,(H,20,21). The van der Waals surface area contributed by atoms with Crippen LogP contribution in [0.15, 0.2) is 58.8 Å². The number of rotatable bonds is 5. The zero-order valence-corrected chi connectivity index (χ0v) is 12.8. The minimum atomic E-state index is -0.521. The number of halogens is 2. The maximum absolute atomic E-state index is 12.1. The fourth-order valence-corrected chi connectivity index (χ4v) is 2.11. The average Bonchev–Trinajstić information content (AvgIpc) is 2.54. The molecule has 2 aromatic rings. The molecule has 0 radical (unpaired) electrons. The van der Waals surface area contributed by atoms with Gasteiger partial charge >= 0.3 is 0 Å². The molecular weight excluding hydrogens is 325 g/mol. The number of nitrogens with one attached hydrogen (secondary N) is 1. The van der Waals surface area contributed by atoms with Crippen LogP contribution in [0.5, 0.6) is 0 Å². The van der Waals surface area contributed by atoms with Gasteiger partial charge in [0, 0.05) is 5.02 Å². The Morgan fingerprint density at radius 1 is 1.09 bits per heavy atom. The van der Waals surface area contributed by atoms with Gasteiger partial charge in [-0.15, -0.1) is 0 Å². The third kappa shape index (κ3) is 4.13. The van der Waals surface area contributed by atoms with Crippen LogP contribution in [0, 0.1) is 4.91 Å². The average molecular weight is 336 g/mol. The van der Waals surface area contributed by atoms with Gasteiger partial charge in [0.2, 0.25) is 0 Å². The number of hydrogen-bond acceptors (Lipinski definition) is 4. The van der Waals surface area contributed by atoms with E-state index in [0.29, 0.717) is 16.3 Å². The monoisotopic (exact) mass is 335 g/mol. The van der Waals surface area contributed by atoms with E-state index in [0.717, 1.165) is 0 Å². The van der Waals surface area contributed by atoms with Crippen LogP contribution < -0.4 is 5.43 Å². The van der Waals surface area contributed by atoms with Crippen molar-refractivity contribution in [2.75, 3.05) is 6.54 Å². The highest BCUT2D eigenvalue weighted by Crippen LogP contribution is 2.20. The number of benzene rings is 2. The molecule has 0 aliphatic carbocycles. The van der Waals surface area contributed by atoms with Gasteiger partial charge in [-0.3, -0.25) is 4.79 Å². The molecule has 1 N–H and O–H groups in total. The Bertz CT molecular complexity index is 718. The summed E-state index contributed by atoms with van der Waals surface area (Å²) in [7, 11) is 0. The van der Waals surface area contributed by atoms with E-state index in [1.54, 1.807) is 30.3 Å². The van der Waals surface area contributed by atoms with Crippen LogP contribution in [0.25, 0.3) is 0 Å². The number of carbonyl (C=O) groups excluding carboxylic acids is 1. The summed E-state index contributed by atoms with van der Waals surface area (Å²) >= 11 is 11.8. The van der Waals surface area contributed by atoms with Gasteiger partial charge < -0.3 is 0 Å². The first-order chi connectivity index (χ1) is 10.6. The summed E-state index contributed by atoms with van der Waals surface area (Å²) in [6, 6.07) is 13.5. The fourth-order valence-electron chi connectivity index (χ4n) is 1.73. The molecule has 0 spiro atoms. The molecule has 112 valence electrons. The van der Waals surface area contributed by atoms with Crippen LogP contribution in [0.2, 0.25) is 10.0 Å². The molecule has 0 heterocycles. The van der Waals surface area contributed by atoms with Crippen LogP contribution in [0.4, 0.5) is 0 Å². The Kier molecular flexibility index (Phi) is 5.63. The lowest BCUT2D eigenvalue weighted by Gasteiger charge is -2.06. The summed E-state index contributed by atoms with van der Waals surface area (Å²) < 4.78 is 0. The van der Waals surface area contributed by atoms with Gasteiger partial charge in [0.1, 0.15) is 6.54 Å². The zero-order valence-electron chi connectivity index (χ0n) is 11.3. The summed E-state index contributed by atoms with van der Waals surface area (Å²) in [5.41, 5.74) is 3.60. The lowest BCUT2D eigenvalue weighted by atomic mass is 10.1. The zero-order chi connectivity index (χ0) is 15.9. The minimum absolute atomic E-state index is 0.159. The van der Waals surface area contributed by atoms with Crippen molar-refractivity contribution in [3.8, 4) is 0 Å². The Hall–Kier alpha value is -2.24. The maximum Gasteiger partial charge on any atom is 0.272 e. The maximum atomic E-state index is 12.1. The first-order valence-corrected chi connectivity index (χ1v) is 7.04. The van der Waals surface area contributed by atoms with Crippen molar-refractivity contribution in [3.05, 3.63) is 74.6 Å². The second kappa shape index (κ2) is 7.68. The van der Waals surface area contributed by atoms with Crippen molar-refractivity contribution in [1.29, 1.82) is 0 Å². The van der Waals surface area contributed by atoms with Gasteiger partial charge in [0.05, 0.1) is 16.3 Å². The van der Waals surface area contributed by atoms with Crippen LogP contribution in [0.3, 0.4) is 0 Å². The van der Waals surface area contributed by atoms with Crippen LogP contribution in [-0.4, -0.2) is 18.2 Å². The van der Waals surface area contributed by atoms with Crippen molar-refractivity contribution in [3.63, 3.8) is 0 Å². The van der Waals surface area contributed by atoms with E-state index in [9.17, 15) is 9.70 Å². The molecule has 2 aromatic carbocycles. The predicted molar refractivity (Wildman–Crippen MR) is 87.6 cm³/mol. The molecule has 0 saturated heterocycles. The molecule has 0 saturated carbocycles. The molecule has 0 aliphatic rings. The van der Waals surface area contributed by atoms with Crippen molar-refractivity contribution in [2.45, 2.75) is 0 Å². The van der Waals surface area contributed by atoms with Crippen LogP contribution in [-0.2, 0) is 0 Å². The molecule has 0 atom stereocenters. The van der Waals surface area contributed by atoms with Gasteiger partial charge in [-0.05, 0) is 23.8 Å². The topological polar surface area (TPSA) is 70.9 Å². The molecule has 0 aliphatic heterocycles. The van der Waals surface area contributed by atoms with E-state index in [2.05, 4.69) is 15.7 Å². The van der Waals surface area contributed by atoms with E-state index in [1.807, 2.05) is 6.07 Å². The Balaban J connectivity index is 2.22. The second-order valence-electron chi connectivity index (χ2n) is 4.28. The Morgan fingerprint density at radius 2 is 1.82 bits per heavy atom. The van der Waals surface area contributed by atoms with E-state index in [4.69, 9.17) is 23.2 Å². The SMILES string of the molecule is O=NCC(=NNC(=O)c1cc(Cl)ccc1Cl)c1ccccc1. The molecular formula is C15H11Cl2N3O2. The van der Waals surface area contributed by atoms with Gasteiger partial charge in [-0.25, -0.2) is 5.43 Å². The molecule has 22 heavy (non-hydrogen) atoms. The minimum Gasteiger partial charge on any atom is -0.267 e. The van der Waals surface area contributed by atoms with Crippen molar-refractivity contribution < 1.29 is 4.79 Å². The molecule has 0 bridgehead atoms. The van der Waals surface area contributed by atoms with E-state index < -0.39 is 5.91 Å². The van der Waals surface area contributed by atoms with Gasteiger partial charge in [0.25, 0.3) is 5.91 Å². The van der Waals surface area contributed by atoms with Crippen LogP contribution >= 0.6 is 23.2 Å². The molecule has 0 aromatic heterocycles. The summed E-state index contributed by atoms with van der Waals surface area (Å²) in [4.78, 5) is 22.6. The molecule has 5 nitrogen and oxygen atoms in total. The van der Waals surface area contributed by atoms with Gasteiger partial charge in [-0.1, -0.05) is 58.7 Å². The Labute approximate surface area is 136 Å². The first-order valence-electron chi connectivity index (χ1n) is 6.28. The fraction of sp³-hybridized carbons (Fsp3) is 0.0667. The summed E-state index contributed by atoms with van der Waals surface area (Å²) in [5.74, 6) is -0.521. The van der Waals surface area contributed by atoms with E-state index in [1.165, 1.54) is 12.1 Å². The number of amides is 1. The van der Waals surface area contributed by atoms with Crippen molar-refractivity contribution >= 4 is 34.8 Å². The van der Waals surface area contributed by atoms with E-state index in [-0.39, 0.29) is 17.1 Å². The molecule has 0 unspecified atom stereocenters. The van der Waals surface area contributed by atoms with Crippen LogP contribution in [0.1, 0.15) is 15.9 Å². The summed E-state index contributed by atoms with van der Waals surface area (Å²) in [5, 5.41) is 7.41. The smallest absolute Gasteiger partial charge is 0.267 e. The second-order valence-corrected chi connectivity index (χ2v) is 5.12. The first kappa shape index (κ1) is 16.1. The third-order valence-electron chi connectivity index (χ3n) is 2.79. The highest BCUT2D eigenvalue weighted by Gasteiger charge is 2.11. The molecule has 2 rings (SSSR count). The normalized spacial score (nSPS) is 11.1. The lowest BCUT2D eigenvalue weighted by Crippen LogP contribution is -2.21. The highest BCUT2D eigenvalue weighted by atomic mass is 35.5. The lowest BCUT2D eigenvalue weighted by molar-refractivity contribution is 0.0955. The van der Waals surface area contributed by atoms with Gasteiger partial charge in [-0.2, -0.15) is 10.0 Å². The number of carbonyl (C=O) groups is 1. The number of nitrogens with zero attached hydrogens (tertiary/aromatic N) is 2.